The zero-order chi connectivity index (χ0) is 13.3. The lowest BCUT2D eigenvalue weighted by molar-refractivity contribution is -0.210. The Morgan fingerprint density at radius 1 is 0.750 bits per heavy atom. The fourth-order valence-corrected chi connectivity index (χ4v) is 0.790. The van der Waals surface area contributed by atoms with Crippen LogP contribution >= 0.6 is 12.6 Å². The zero-order valence-corrected chi connectivity index (χ0v) is 8.05. The molecule has 0 nitrogen and oxygen atoms in total. The topological polar surface area (TPSA) is 0 Å². The highest BCUT2D eigenvalue weighted by Crippen LogP contribution is 2.43. The molecule has 0 saturated carbocycles. The van der Waals surface area contributed by atoms with Crippen LogP contribution in [0.2, 0.25) is 0 Å². The van der Waals surface area contributed by atoms with Crippen molar-refractivity contribution >= 4 is 12.6 Å². The molecule has 0 spiro atoms. The van der Waals surface area contributed by atoms with Crippen molar-refractivity contribution < 1.29 is 39.5 Å². The molecule has 10 heteroatoms. The van der Waals surface area contributed by atoms with Gasteiger partial charge in [-0.1, -0.05) is 12.6 Å². The molecule has 0 N–H and O–H groups in total. The summed E-state index contributed by atoms with van der Waals surface area (Å²) in [7, 11) is 0. The molecule has 0 rings (SSSR count). The Kier molecular flexibility index (Phi) is 4.84. The van der Waals surface area contributed by atoms with Crippen molar-refractivity contribution in [1.29, 1.82) is 0 Å². The van der Waals surface area contributed by atoms with Crippen molar-refractivity contribution in [1.82, 2.24) is 0 Å². The summed E-state index contributed by atoms with van der Waals surface area (Å²) in [5.74, 6) is -5.70. The van der Waals surface area contributed by atoms with E-state index < -0.39 is 36.1 Å². The molecule has 0 aliphatic rings. The summed E-state index contributed by atoms with van der Waals surface area (Å²) >= 11 is 1.99. The largest absolute Gasteiger partial charge is 0.356 e. The Bertz CT molecular complexity index is 225. The van der Waals surface area contributed by atoms with Gasteiger partial charge in [-0.25, -0.2) is 22.0 Å². The molecule has 0 aliphatic heterocycles. The molecule has 0 amide bonds. The Labute approximate surface area is 89.2 Å². The van der Waals surface area contributed by atoms with Crippen LogP contribution in [0.5, 0.6) is 0 Å². The number of alkyl halides is 9. The monoisotopic (exact) mass is 280 g/mol. The molecule has 3 unspecified atom stereocenters. The predicted octanol–water partition coefficient (Wildman–Crippen LogP) is 3.42. The van der Waals surface area contributed by atoms with Crippen LogP contribution in [0.25, 0.3) is 0 Å². The van der Waals surface area contributed by atoms with Crippen LogP contribution in [0.15, 0.2) is 0 Å². The first-order valence-corrected chi connectivity index (χ1v) is 4.06. The van der Waals surface area contributed by atoms with Crippen LogP contribution in [0, 0.1) is 0 Å². The van der Waals surface area contributed by atoms with Gasteiger partial charge in [0, 0.05) is 0 Å². The molecule has 3 atom stereocenters. The summed E-state index contributed by atoms with van der Waals surface area (Å²) in [5, 5.41) is -5.29. The molecule has 0 aliphatic carbocycles. The minimum atomic E-state index is -5.70. The van der Waals surface area contributed by atoms with E-state index in [1.165, 1.54) is 0 Å². The zero-order valence-electron chi connectivity index (χ0n) is 7.16. The summed E-state index contributed by atoms with van der Waals surface area (Å²) in [6.45, 7) is 0. The lowest BCUT2D eigenvalue weighted by Gasteiger charge is -2.28. The number of thiol groups is 1. The third-order valence-electron chi connectivity index (χ3n) is 1.57. The third kappa shape index (κ3) is 3.11. The number of hydrogen-bond donors (Lipinski definition) is 1. The second-order valence-electron chi connectivity index (χ2n) is 2.79. The van der Waals surface area contributed by atoms with Crippen LogP contribution in [0.1, 0.15) is 0 Å². The standard InChI is InChI=1S/C6H5F9S/c7-1(2(8)4(10)11)3(9)5(12,13)6(14,15)16/h1-4,16H. The smallest absolute Gasteiger partial charge is 0.241 e. The summed E-state index contributed by atoms with van der Waals surface area (Å²) in [6.07, 6.45) is -16.5. The van der Waals surface area contributed by atoms with E-state index in [9.17, 15) is 39.5 Å². The fourth-order valence-electron chi connectivity index (χ4n) is 0.666. The van der Waals surface area contributed by atoms with Gasteiger partial charge in [-0.2, -0.15) is 17.6 Å². The molecular formula is C6H5F9S. The summed E-state index contributed by atoms with van der Waals surface area (Å²) in [6, 6.07) is 0. The average Bonchev–Trinajstić information content (AvgIpc) is 2.12. The minimum absolute atomic E-state index is 1.99. The van der Waals surface area contributed by atoms with E-state index >= 15 is 0 Å². The maximum atomic E-state index is 12.5. The van der Waals surface area contributed by atoms with Crippen molar-refractivity contribution in [3.8, 4) is 0 Å². The number of hydrogen-bond acceptors (Lipinski definition) is 1. The number of halogens is 9. The summed E-state index contributed by atoms with van der Waals surface area (Å²) in [5.41, 5.74) is 0. The van der Waals surface area contributed by atoms with Crippen molar-refractivity contribution in [3.63, 3.8) is 0 Å². The summed E-state index contributed by atoms with van der Waals surface area (Å²) < 4.78 is 109. The van der Waals surface area contributed by atoms with Gasteiger partial charge in [-0.15, -0.1) is 0 Å². The maximum absolute atomic E-state index is 12.5. The van der Waals surface area contributed by atoms with E-state index in [1.807, 2.05) is 12.6 Å². The van der Waals surface area contributed by atoms with Gasteiger partial charge in [0.05, 0.1) is 0 Å². The Morgan fingerprint density at radius 2 is 1.12 bits per heavy atom. The van der Waals surface area contributed by atoms with Crippen LogP contribution in [-0.4, -0.2) is 36.1 Å². The van der Waals surface area contributed by atoms with E-state index in [2.05, 4.69) is 0 Å². The van der Waals surface area contributed by atoms with Crippen molar-refractivity contribution in [3.05, 3.63) is 0 Å². The second kappa shape index (κ2) is 4.92. The fraction of sp³-hybridized carbons (Fsp3) is 1.00. The van der Waals surface area contributed by atoms with E-state index in [1.54, 1.807) is 0 Å². The SMILES string of the molecule is FC(F)C(F)C(F)C(F)C(F)(F)C(F)(F)S. The van der Waals surface area contributed by atoms with E-state index in [0.29, 0.717) is 0 Å². The quantitative estimate of drug-likeness (QED) is 0.579. The van der Waals surface area contributed by atoms with E-state index in [0.717, 1.165) is 0 Å². The Balaban J connectivity index is 4.86. The van der Waals surface area contributed by atoms with Crippen LogP contribution < -0.4 is 0 Å². The molecule has 0 saturated heterocycles. The molecule has 0 fully saturated rings. The van der Waals surface area contributed by atoms with Gasteiger partial charge in [0.25, 0.3) is 6.43 Å². The first-order chi connectivity index (χ1) is 6.93. The highest BCUT2D eigenvalue weighted by Gasteiger charge is 2.63. The average molecular weight is 280 g/mol. The molecule has 0 aromatic carbocycles. The van der Waals surface area contributed by atoms with Crippen molar-refractivity contribution in [2.75, 3.05) is 0 Å². The Morgan fingerprint density at radius 3 is 1.38 bits per heavy atom. The van der Waals surface area contributed by atoms with Gasteiger partial charge in [0.15, 0.2) is 12.3 Å². The van der Waals surface area contributed by atoms with E-state index in [4.69, 9.17) is 0 Å². The highest BCUT2D eigenvalue weighted by atomic mass is 32.1. The van der Waals surface area contributed by atoms with Gasteiger partial charge in [0.1, 0.15) is 0 Å². The normalized spacial score (nSPS) is 19.7. The van der Waals surface area contributed by atoms with Crippen LogP contribution in [0.4, 0.5) is 39.5 Å². The molecule has 0 radical (unpaired) electrons. The molecule has 0 aromatic heterocycles. The lowest BCUT2D eigenvalue weighted by Crippen LogP contribution is -2.51. The maximum Gasteiger partial charge on any atom is 0.356 e. The molecule has 16 heavy (non-hydrogen) atoms. The van der Waals surface area contributed by atoms with Crippen LogP contribution in [-0.2, 0) is 0 Å². The first-order valence-electron chi connectivity index (χ1n) is 3.61. The molecular weight excluding hydrogens is 275 g/mol. The molecule has 0 aromatic rings. The van der Waals surface area contributed by atoms with Gasteiger partial charge < -0.3 is 0 Å². The van der Waals surface area contributed by atoms with Gasteiger partial charge in [-0.3, -0.25) is 0 Å². The molecule has 98 valence electrons. The highest BCUT2D eigenvalue weighted by molar-refractivity contribution is 7.81. The second-order valence-corrected chi connectivity index (χ2v) is 3.35. The Hall–Kier alpha value is -0.280. The van der Waals surface area contributed by atoms with Gasteiger partial charge >= 0.3 is 11.2 Å². The van der Waals surface area contributed by atoms with Gasteiger partial charge in [-0.05, 0) is 0 Å². The molecule has 0 heterocycles. The van der Waals surface area contributed by atoms with Crippen molar-refractivity contribution in [2.24, 2.45) is 0 Å². The van der Waals surface area contributed by atoms with E-state index in [-0.39, 0.29) is 0 Å². The first kappa shape index (κ1) is 15.7. The molecule has 0 bridgehead atoms. The third-order valence-corrected chi connectivity index (χ3v) is 1.87. The lowest BCUT2D eigenvalue weighted by atomic mass is 10.1. The van der Waals surface area contributed by atoms with Gasteiger partial charge in [0.2, 0.25) is 6.17 Å². The van der Waals surface area contributed by atoms with Crippen molar-refractivity contribution in [2.45, 2.75) is 36.1 Å². The summed E-state index contributed by atoms with van der Waals surface area (Å²) in [4.78, 5) is 0. The van der Waals surface area contributed by atoms with Crippen LogP contribution in [0.3, 0.4) is 0 Å². The minimum Gasteiger partial charge on any atom is -0.241 e. The number of rotatable bonds is 5. The predicted molar refractivity (Wildman–Crippen MR) is 39.6 cm³/mol.